The van der Waals surface area contributed by atoms with Crippen LogP contribution in [0, 0.1) is 0 Å². The summed E-state index contributed by atoms with van der Waals surface area (Å²) >= 11 is 6.21. The van der Waals surface area contributed by atoms with E-state index in [4.69, 9.17) is 26.8 Å². The molecule has 1 aliphatic heterocycles. The molecule has 3 rings (SSSR count). The van der Waals surface area contributed by atoms with Crippen molar-refractivity contribution in [1.82, 2.24) is 5.32 Å². The summed E-state index contributed by atoms with van der Waals surface area (Å²) < 4.78 is 10.7. The Kier molecular flexibility index (Phi) is 3.64. The second kappa shape index (κ2) is 5.41. The molecule has 102 valence electrons. The summed E-state index contributed by atoms with van der Waals surface area (Å²) in [5, 5.41) is 4.14. The Bertz CT molecular complexity index is 496. The molecule has 1 atom stereocenters. The van der Waals surface area contributed by atoms with Gasteiger partial charge in [0.2, 0.25) is 6.79 Å². The molecule has 1 unspecified atom stereocenters. The summed E-state index contributed by atoms with van der Waals surface area (Å²) in [4.78, 5) is 0. The van der Waals surface area contributed by atoms with Gasteiger partial charge in [-0.1, -0.05) is 23.8 Å². The number of rotatable bonds is 4. The van der Waals surface area contributed by atoms with Crippen molar-refractivity contribution in [2.24, 2.45) is 5.73 Å². The molecule has 1 aromatic rings. The van der Waals surface area contributed by atoms with Crippen LogP contribution in [-0.2, 0) is 0 Å². The predicted molar refractivity (Wildman–Crippen MR) is 74.7 cm³/mol. The van der Waals surface area contributed by atoms with E-state index in [2.05, 4.69) is 17.5 Å². The van der Waals surface area contributed by atoms with Crippen molar-refractivity contribution in [1.29, 1.82) is 0 Å². The van der Waals surface area contributed by atoms with Crippen molar-refractivity contribution >= 4 is 11.6 Å². The molecule has 0 fully saturated rings. The molecule has 0 saturated heterocycles. The topological polar surface area (TPSA) is 56.5 Å². The Morgan fingerprint density at radius 2 is 2.11 bits per heavy atom. The van der Waals surface area contributed by atoms with Crippen molar-refractivity contribution in [3.8, 4) is 11.5 Å². The number of nitrogens with one attached hydrogen (secondary N) is 1. The Morgan fingerprint density at radius 3 is 2.84 bits per heavy atom. The van der Waals surface area contributed by atoms with Crippen molar-refractivity contribution in [3.63, 3.8) is 0 Å². The summed E-state index contributed by atoms with van der Waals surface area (Å²) in [6.07, 6.45) is 6.49. The lowest BCUT2D eigenvalue weighted by atomic mass is 10.0. The highest BCUT2D eigenvalue weighted by Crippen LogP contribution is 2.41. The monoisotopic (exact) mass is 280 g/mol. The van der Waals surface area contributed by atoms with E-state index < -0.39 is 0 Å². The number of benzene rings is 1. The smallest absolute Gasteiger partial charge is 0.231 e. The normalized spacial score (nSPS) is 19.1. The molecule has 2 aliphatic rings. The molecule has 5 heteroatoms. The minimum atomic E-state index is 0.0805. The Morgan fingerprint density at radius 1 is 1.32 bits per heavy atom. The zero-order chi connectivity index (χ0) is 13.2. The fourth-order valence-corrected chi connectivity index (χ4v) is 2.80. The highest BCUT2D eigenvalue weighted by Gasteiger charge is 2.22. The number of hydrogen-bond acceptors (Lipinski definition) is 4. The van der Waals surface area contributed by atoms with Gasteiger partial charge in [0.25, 0.3) is 0 Å². The number of halogens is 1. The fourth-order valence-electron chi connectivity index (χ4n) is 2.53. The van der Waals surface area contributed by atoms with Crippen LogP contribution in [0.15, 0.2) is 24.3 Å². The Balaban J connectivity index is 1.81. The molecule has 0 saturated carbocycles. The lowest BCUT2D eigenvalue weighted by Crippen LogP contribution is -2.35. The van der Waals surface area contributed by atoms with Crippen LogP contribution >= 0.6 is 11.6 Å². The SMILES string of the molecule is NCC(NC1CC=CC1)c1cc(Cl)c2c(c1)OCO2. The van der Waals surface area contributed by atoms with Gasteiger partial charge < -0.3 is 20.5 Å². The maximum atomic E-state index is 6.21. The maximum Gasteiger partial charge on any atom is 0.231 e. The first-order valence-corrected chi connectivity index (χ1v) is 6.86. The van der Waals surface area contributed by atoms with Crippen LogP contribution in [0.5, 0.6) is 11.5 Å². The van der Waals surface area contributed by atoms with Crippen LogP contribution in [0.3, 0.4) is 0 Å². The van der Waals surface area contributed by atoms with E-state index in [0.717, 1.165) is 18.4 Å². The van der Waals surface area contributed by atoms with Crippen molar-refractivity contribution in [2.45, 2.75) is 24.9 Å². The number of hydrogen-bond donors (Lipinski definition) is 2. The first-order chi connectivity index (χ1) is 9.28. The van der Waals surface area contributed by atoms with Crippen molar-refractivity contribution in [2.75, 3.05) is 13.3 Å². The molecule has 3 N–H and O–H groups in total. The Hall–Kier alpha value is -1.23. The molecule has 1 aliphatic carbocycles. The lowest BCUT2D eigenvalue weighted by Gasteiger charge is -2.22. The lowest BCUT2D eigenvalue weighted by molar-refractivity contribution is 0.174. The van der Waals surface area contributed by atoms with Gasteiger partial charge in [0, 0.05) is 18.6 Å². The van der Waals surface area contributed by atoms with Gasteiger partial charge in [0.1, 0.15) is 0 Å². The molecular weight excluding hydrogens is 264 g/mol. The summed E-state index contributed by atoms with van der Waals surface area (Å²) in [5.41, 5.74) is 6.93. The quantitative estimate of drug-likeness (QED) is 0.832. The average Bonchev–Trinajstić information content (AvgIpc) is 3.06. The van der Waals surface area contributed by atoms with Crippen LogP contribution in [0.4, 0.5) is 0 Å². The molecule has 19 heavy (non-hydrogen) atoms. The first-order valence-electron chi connectivity index (χ1n) is 6.48. The summed E-state index contributed by atoms with van der Waals surface area (Å²) in [6.45, 7) is 0.748. The van der Waals surface area contributed by atoms with E-state index in [1.165, 1.54) is 0 Å². The summed E-state index contributed by atoms with van der Waals surface area (Å²) in [5.74, 6) is 1.33. The molecule has 1 heterocycles. The maximum absolute atomic E-state index is 6.21. The molecule has 0 bridgehead atoms. The van der Waals surface area contributed by atoms with Crippen molar-refractivity contribution in [3.05, 3.63) is 34.9 Å². The molecular formula is C14H17ClN2O2. The Labute approximate surface area is 117 Å². The molecule has 0 aromatic heterocycles. The van der Waals surface area contributed by atoms with Crippen LogP contribution in [0.25, 0.3) is 0 Å². The minimum absolute atomic E-state index is 0.0805. The summed E-state index contributed by atoms with van der Waals surface area (Å²) in [7, 11) is 0. The second-order valence-electron chi connectivity index (χ2n) is 4.83. The molecule has 1 aromatic carbocycles. The van der Waals surface area contributed by atoms with Gasteiger partial charge in [0.15, 0.2) is 11.5 Å². The third-order valence-electron chi connectivity index (χ3n) is 3.53. The van der Waals surface area contributed by atoms with E-state index >= 15 is 0 Å². The number of ether oxygens (including phenoxy) is 2. The zero-order valence-corrected chi connectivity index (χ0v) is 11.3. The fraction of sp³-hybridized carbons (Fsp3) is 0.429. The van der Waals surface area contributed by atoms with E-state index in [1.54, 1.807) is 0 Å². The predicted octanol–water partition coefficient (Wildman–Crippen LogP) is 2.38. The van der Waals surface area contributed by atoms with Gasteiger partial charge in [-0.15, -0.1) is 0 Å². The summed E-state index contributed by atoms with van der Waals surface area (Å²) in [6, 6.07) is 4.40. The van der Waals surface area contributed by atoms with Crippen LogP contribution in [-0.4, -0.2) is 19.4 Å². The van der Waals surface area contributed by atoms with E-state index in [9.17, 15) is 0 Å². The van der Waals surface area contributed by atoms with Gasteiger partial charge in [0.05, 0.1) is 5.02 Å². The van der Waals surface area contributed by atoms with Crippen LogP contribution in [0.2, 0.25) is 5.02 Å². The number of fused-ring (bicyclic) bond motifs is 1. The number of nitrogens with two attached hydrogens (primary N) is 1. The van der Waals surface area contributed by atoms with E-state index in [0.29, 0.717) is 29.1 Å². The van der Waals surface area contributed by atoms with Crippen molar-refractivity contribution < 1.29 is 9.47 Å². The van der Waals surface area contributed by atoms with Gasteiger partial charge in [-0.05, 0) is 30.5 Å². The molecule has 0 spiro atoms. The van der Waals surface area contributed by atoms with Crippen LogP contribution < -0.4 is 20.5 Å². The highest BCUT2D eigenvalue weighted by molar-refractivity contribution is 6.32. The third-order valence-corrected chi connectivity index (χ3v) is 3.81. The van der Waals surface area contributed by atoms with E-state index in [1.807, 2.05) is 12.1 Å². The highest BCUT2D eigenvalue weighted by atomic mass is 35.5. The van der Waals surface area contributed by atoms with Gasteiger partial charge in [-0.3, -0.25) is 0 Å². The third kappa shape index (κ3) is 2.56. The molecule has 4 nitrogen and oxygen atoms in total. The average molecular weight is 281 g/mol. The largest absolute Gasteiger partial charge is 0.454 e. The molecule has 0 radical (unpaired) electrons. The zero-order valence-electron chi connectivity index (χ0n) is 10.6. The van der Waals surface area contributed by atoms with Gasteiger partial charge in [-0.2, -0.15) is 0 Å². The van der Waals surface area contributed by atoms with E-state index in [-0.39, 0.29) is 12.8 Å². The molecule has 0 amide bonds. The first kappa shape index (κ1) is 12.8. The standard InChI is InChI=1S/C14H17ClN2O2/c15-11-5-9(6-13-14(11)19-8-18-13)12(7-16)17-10-3-1-2-4-10/h1-2,5-6,10,12,17H,3-4,7-8,16H2. The minimum Gasteiger partial charge on any atom is -0.454 e. The van der Waals surface area contributed by atoms with Gasteiger partial charge >= 0.3 is 0 Å². The van der Waals surface area contributed by atoms with Crippen LogP contribution in [0.1, 0.15) is 24.4 Å². The van der Waals surface area contributed by atoms with Gasteiger partial charge in [-0.25, -0.2) is 0 Å². The second-order valence-corrected chi connectivity index (χ2v) is 5.24.